The van der Waals surface area contributed by atoms with Gasteiger partial charge in [0, 0.05) is 19.8 Å². The fourth-order valence-electron chi connectivity index (χ4n) is 1.54. The van der Waals surface area contributed by atoms with Crippen LogP contribution in [0.2, 0.25) is 0 Å². The van der Waals surface area contributed by atoms with Crippen LogP contribution in [0, 0.1) is 0 Å². The lowest BCUT2D eigenvalue weighted by molar-refractivity contribution is -0.198. The monoisotopic (exact) mass is 322 g/mol. The van der Waals surface area contributed by atoms with Gasteiger partial charge in [0.1, 0.15) is 10.4 Å². The van der Waals surface area contributed by atoms with Crippen LogP contribution in [0.1, 0.15) is 5.56 Å². The van der Waals surface area contributed by atoms with Gasteiger partial charge in [0.15, 0.2) is 9.84 Å². The molecule has 0 radical (unpaired) electrons. The molecule has 17 heavy (non-hydrogen) atoms. The Hall–Kier alpha value is -0.430. The Morgan fingerprint density at radius 2 is 1.71 bits per heavy atom. The molecular weight excluding hydrogens is 308 g/mol. The van der Waals surface area contributed by atoms with Crippen LogP contribution in [-0.2, 0) is 25.1 Å². The first kappa shape index (κ1) is 14.6. The van der Waals surface area contributed by atoms with Crippen molar-refractivity contribution in [3.63, 3.8) is 0 Å². The number of rotatable bonds is 6. The maximum absolute atomic E-state index is 11.7. The van der Waals surface area contributed by atoms with E-state index in [4.69, 9.17) is 9.47 Å². The second kappa shape index (κ2) is 5.95. The number of alkyl halides is 1. The number of methoxy groups -OCH3 is 2. The van der Waals surface area contributed by atoms with Gasteiger partial charge in [0.2, 0.25) is 5.79 Å². The highest BCUT2D eigenvalue weighted by Gasteiger charge is 2.37. The molecule has 1 rings (SSSR count). The van der Waals surface area contributed by atoms with E-state index in [2.05, 4.69) is 15.9 Å². The first-order chi connectivity index (χ1) is 7.99. The molecule has 0 aliphatic rings. The predicted octanol–water partition coefficient (Wildman–Crippen LogP) is 1.90. The molecule has 0 N–H and O–H groups in total. The zero-order valence-electron chi connectivity index (χ0n) is 9.72. The SMILES string of the molecule is COC(CS(=O)(=O)CBr)(OC)c1ccccc1. The van der Waals surface area contributed by atoms with Gasteiger partial charge in [-0.3, -0.25) is 0 Å². The highest BCUT2D eigenvalue weighted by atomic mass is 79.9. The number of hydrogen-bond acceptors (Lipinski definition) is 4. The van der Waals surface area contributed by atoms with Crippen LogP contribution >= 0.6 is 15.9 Å². The molecule has 96 valence electrons. The molecule has 0 spiro atoms. The van der Waals surface area contributed by atoms with E-state index < -0.39 is 15.6 Å². The average molecular weight is 323 g/mol. The van der Waals surface area contributed by atoms with Gasteiger partial charge in [0.25, 0.3) is 0 Å². The Labute approximate surface area is 110 Å². The van der Waals surface area contributed by atoms with E-state index in [1.54, 1.807) is 12.1 Å². The van der Waals surface area contributed by atoms with Crippen molar-refractivity contribution < 1.29 is 17.9 Å². The van der Waals surface area contributed by atoms with Gasteiger partial charge in [-0.1, -0.05) is 46.3 Å². The molecule has 6 heteroatoms. The molecule has 0 heterocycles. The van der Waals surface area contributed by atoms with Gasteiger partial charge in [-0.2, -0.15) is 0 Å². The van der Waals surface area contributed by atoms with Gasteiger partial charge in [-0.15, -0.1) is 0 Å². The number of benzene rings is 1. The molecule has 1 aromatic rings. The summed E-state index contributed by atoms with van der Waals surface area (Å²) >= 11 is 2.96. The number of hydrogen-bond donors (Lipinski definition) is 0. The Kier molecular flexibility index (Phi) is 5.12. The number of ether oxygens (including phenoxy) is 2. The molecule has 0 aromatic heterocycles. The van der Waals surface area contributed by atoms with Crippen molar-refractivity contribution in [3.8, 4) is 0 Å². The first-order valence-corrected chi connectivity index (χ1v) is 7.86. The van der Waals surface area contributed by atoms with E-state index in [-0.39, 0.29) is 10.4 Å². The molecule has 0 saturated carbocycles. The van der Waals surface area contributed by atoms with Crippen molar-refractivity contribution in [1.82, 2.24) is 0 Å². The van der Waals surface area contributed by atoms with Crippen LogP contribution in [0.25, 0.3) is 0 Å². The molecule has 0 amide bonds. The fraction of sp³-hybridized carbons (Fsp3) is 0.455. The van der Waals surface area contributed by atoms with Crippen LogP contribution in [0.5, 0.6) is 0 Å². The van der Waals surface area contributed by atoms with Gasteiger partial charge < -0.3 is 9.47 Å². The summed E-state index contributed by atoms with van der Waals surface area (Å²) in [5.41, 5.74) is 0.675. The molecule has 1 aromatic carbocycles. The quantitative estimate of drug-likeness (QED) is 0.593. The fourth-order valence-corrected chi connectivity index (χ4v) is 3.08. The summed E-state index contributed by atoms with van der Waals surface area (Å²) in [5, 5.41) is 0. The lowest BCUT2D eigenvalue weighted by Crippen LogP contribution is -2.38. The average Bonchev–Trinajstić information content (AvgIpc) is 2.37. The lowest BCUT2D eigenvalue weighted by atomic mass is 10.1. The normalized spacial score (nSPS) is 12.6. The highest BCUT2D eigenvalue weighted by molar-refractivity contribution is 9.10. The molecule has 0 unspecified atom stereocenters. The van der Waals surface area contributed by atoms with E-state index in [1.165, 1.54) is 14.2 Å². The molecule has 0 saturated heterocycles. The summed E-state index contributed by atoms with van der Waals surface area (Å²) in [4.78, 5) is 0. The standard InChI is InChI=1S/C11H15BrO4S/c1-15-11(16-2,8-17(13,14)9-12)10-6-4-3-5-7-10/h3-7H,8-9H2,1-2H3. The Morgan fingerprint density at radius 1 is 1.18 bits per heavy atom. The van der Waals surface area contributed by atoms with Crippen LogP contribution in [0.4, 0.5) is 0 Å². The highest BCUT2D eigenvalue weighted by Crippen LogP contribution is 2.28. The summed E-state index contributed by atoms with van der Waals surface area (Å²) in [6.45, 7) is 0. The van der Waals surface area contributed by atoms with Crippen molar-refractivity contribution in [2.75, 3.05) is 24.6 Å². The van der Waals surface area contributed by atoms with E-state index in [0.717, 1.165) is 0 Å². The van der Waals surface area contributed by atoms with Crippen LogP contribution in [0.15, 0.2) is 30.3 Å². The van der Waals surface area contributed by atoms with Crippen molar-refractivity contribution in [1.29, 1.82) is 0 Å². The minimum absolute atomic E-state index is 0.124. The van der Waals surface area contributed by atoms with Gasteiger partial charge in [-0.25, -0.2) is 8.42 Å². The zero-order chi connectivity index (χ0) is 12.9. The summed E-state index contributed by atoms with van der Waals surface area (Å²) in [6.07, 6.45) is 0. The van der Waals surface area contributed by atoms with E-state index in [1.807, 2.05) is 18.2 Å². The largest absolute Gasteiger partial charge is 0.348 e. The predicted molar refractivity (Wildman–Crippen MR) is 69.7 cm³/mol. The third-order valence-corrected chi connectivity index (χ3v) is 5.69. The van der Waals surface area contributed by atoms with Gasteiger partial charge in [-0.05, 0) is 0 Å². The smallest absolute Gasteiger partial charge is 0.208 e. The third kappa shape index (κ3) is 3.51. The van der Waals surface area contributed by atoms with Crippen LogP contribution in [0.3, 0.4) is 0 Å². The molecule has 0 aliphatic heterocycles. The summed E-state index contributed by atoms with van der Waals surface area (Å²) < 4.78 is 33.9. The maximum atomic E-state index is 11.7. The summed E-state index contributed by atoms with van der Waals surface area (Å²) in [7, 11) is -0.421. The molecule has 4 nitrogen and oxygen atoms in total. The number of halogens is 1. The minimum Gasteiger partial charge on any atom is -0.348 e. The summed E-state index contributed by atoms with van der Waals surface area (Å²) in [6, 6.07) is 9.01. The van der Waals surface area contributed by atoms with Crippen molar-refractivity contribution in [2.24, 2.45) is 0 Å². The van der Waals surface area contributed by atoms with E-state index in [0.29, 0.717) is 5.56 Å². The van der Waals surface area contributed by atoms with Crippen LogP contribution < -0.4 is 0 Å². The lowest BCUT2D eigenvalue weighted by Gasteiger charge is -2.30. The zero-order valence-corrected chi connectivity index (χ0v) is 12.1. The topological polar surface area (TPSA) is 52.6 Å². The van der Waals surface area contributed by atoms with Gasteiger partial charge in [0.05, 0.1) is 0 Å². The summed E-state index contributed by atoms with van der Waals surface area (Å²) in [5.74, 6) is -1.49. The molecular formula is C11H15BrO4S. The van der Waals surface area contributed by atoms with E-state index in [9.17, 15) is 8.42 Å². The van der Waals surface area contributed by atoms with Crippen molar-refractivity contribution >= 4 is 25.8 Å². The Bertz CT molecular complexity index is 440. The molecule has 0 fully saturated rings. The van der Waals surface area contributed by atoms with Crippen molar-refractivity contribution in [3.05, 3.63) is 35.9 Å². The van der Waals surface area contributed by atoms with Crippen LogP contribution in [-0.4, -0.2) is 33.1 Å². The van der Waals surface area contributed by atoms with Crippen molar-refractivity contribution in [2.45, 2.75) is 5.79 Å². The second-order valence-electron chi connectivity index (χ2n) is 3.52. The Balaban J connectivity index is 3.15. The maximum Gasteiger partial charge on any atom is 0.208 e. The first-order valence-electron chi connectivity index (χ1n) is 4.92. The second-order valence-corrected chi connectivity index (χ2v) is 6.89. The molecule has 0 atom stereocenters. The molecule has 0 bridgehead atoms. The third-order valence-electron chi connectivity index (χ3n) is 2.45. The molecule has 0 aliphatic carbocycles. The number of sulfone groups is 1. The van der Waals surface area contributed by atoms with E-state index >= 15 is 0 Å². The minimum atomic E-state index is -3.28. The van der Waals surface area contributed by atoms with Gasteiger partial charge >= 0.3 is 0 Å². The Morgan fingerprint density at radius 3 is 2.12 bits per heavy atom.